The number of halogens is 1. The van der Waals surface area contributed by atoms with E-state index in [1.54, 1.807) is 4.31 Å². The predicted octanol–water partition coefficient (Wildman–Crippen LogP) is 1.07. The fourth-order valence-electron chi connectivity index (χ4n) is 1.61. The number of ether oxygens (including phenoxy) is 1. The van der Waals surface area contributed by atoms with Gasteiger partial charge in [-0.15, -0.1) is 0 Å². The summed E-state index contributed by atoms with van der Waals surface area (Å²) in [6.45, 7) is 4.04. The first-order valence-corrected chi connectivity index (χ1v) is 7.94. The lowest BCUT2D eigenvalue weighted by molar-refractivity contribution is 0.162. The van der Waals surface area contributed by atoms with E-state index in [4.69, 9.17) is 4.74 Å². The molecule has 0 saturated carbocycles. The molecular weight excluding hydrogens is 282 g/mol. The highest BCUT2D eigenvalue weighted by Gasteiger charge is 2.30. The Balaban J connectivity index is 2.41. The van der Waals surface area contributed by atoms with Crippen molar-refractivity contribution in [3.63, 3.8) is 0 Å². The molecule has 0 amide bonds. The first-order valence-electron chi connectivity index (χ1n) is 5.21. The Hall–Kier alpha value is 0.350. The van der Waals surface area contributed by atoms with Crippen molar-refractivity contribution >= 4 is 26.0 Å². The standard InChI is InChI=1S/C9H18BrNO3S/c1-2-14-5-6-15(12,13)11-4-3-9(7-10)8-11/h9H,2-8H2,1H3. The van der Waals surface area contributed by atoms with Gasteiger partial charge in [0.25, 0.3) is 0 Å². The third-order valence-electron chi connectivity index (χ3n) is 2.55. The van der Waals surface area contributed by atoms with Crippen LogP contribution < -0.4 is 0 Å². The van der Waals surface area contributed by atoms with Crippen LogP contribution >= 0.6 is 15.9 Å². The number of hydrogen-bond acceptors (Lipinski definition) is 3. The summed E-state index contributed by atoms with van der Waals surface area (Å²) in [6.07, 6.45) is 0.957. The molecule has 1 aliphatic rings. The molecule has 1 heterocycles. The largest absolute Gasteiger partial charge is 0.381 e. The second kappa shape index (κ2) is 6.18. The van der Waals surface area contributed by atoms with Gasteiger partial charge in [-0.05, 0) is 19.3 Å². The van der Waals surface area contributed by atoms with Crippen molar-refractivity contribution in [1.29, 1.82) is 0 Å². The van der Waals surface area contributed by atoms with Crippen molar-refractivity contribution in [3.8, 4) is 0 Å². The summed E-state index contributed by atoms with van der Waals surface area (Å²) in [5.41, 5.74) is 0. The first-order chi connectivity index (χ1) is 7.10. The van der Waals surface area contributed by atoms with Crippen LogP contribution in [0.15, 0.2) is 0 Å². The molecule has 1 unspecified atom stereocenters. The summed E-state index contributed by atoms with van der Waals surface area (Å²) in [4.78, 5) is 0. The quantitative estimate of drug-likeness (QED) is 0.544. The third kappa shape index (κ3) is 4.01. The molecular formula is C9H18BrNO3S. The highest BCUT2D eigenvalue weighted by Crippen LogP contribution is 2.21. The number of sulfonamides is 1. The molecule has 0 spiro atoms. The normalized spacial score (nSPS) is 23.5. The van der Waals surface area contributed by atoms with Gasteiger partial charge in [0.1, 0.15) is 0 Å². The van der Waals surface area contributed by atoms with Crippen molar-refractivity contribution < 1.29 is 13.2 Å². The van der Waals surface area contributed by atoms with Gasteiger partial charge in [0.15, 0.2) is 0 Å². The zero-order valence-electron chi connectivity index (χ0n) is 8.99. The van der Waals surface area contributed by atoms with E-state index >= 15 is 0 Å². The van der Waals surface area contributed by atoms with Gasteiger partial charge >= 0.3 is 0 Å². The van der Waals surface area contributed by atoms with E-state index in [2.05, 4.69) is 15.9 Å². The fourth-order valence-corrected chi connectivity index (χ4v) is 3.55. The molecule has 1 saturated heterocycles. The van der Waals surface area contributed by atoms with Crippen molar-refractivity contribution in [2.75, 3.05) is 37.4 Å². The van der Waals surface area contributed by atoms with Gasteiger partial charge < -0.3 is 4.74 Å². The first kappa shape index (κ1) is 13.4. The summed E-state index contributed by atoms with van der Waals surface area (Å²) < 4.78 is 30.2. The molecule has 0 aromatic rings. The van der Waals surface area contributed by atoms with Crippen molar-refractivity contribution in [2.24, 2.45) is 5.92 Å². The van der Waals surface area contributed by atoms with Gasteiger partial charge in [0.2, 0.25) is 10.0 Å². The van der Waals surface area contributed by atoms with Crippen molar-refractivity contribution in [1.82, 2.24) is 4.31 Å². The van der Waals surface area contributed by atoms with Gasteiger partial charge in [-0.3, -0.25) is 0 Å². The molecule has 0 N–H and O–H groups in total. The molecule has 1 atom stereocenters. The van der Waals surface area contributed by atoms with Crippen LogP contribution in [0.5, 0.6) is 0 Å². The molecule has 0 aromatic carbocycles. The van der Waals surface area contributed by atoms with Crippen LogP contribution in [0, 0.1) is 5.92 Å². The Labute approximate surface area is 100 Å². The Kier molecular flexibility index (Phi) is 5.52. The summed E-state index contributed by atoms with van der Waals surface area (Å²) in [7, 11) is -3.09. The van der Waals surface area contributed by atoms with Gasteiger partial charge in [-0.1, -0.05) is 15.9 Å². The van der Waals surface area contributed by atoms with E-state index in [1.165, 1.54) is 0 Å². The molecule has 15 heavy (non-hydrogen) atoms. The molecule has 6 heteroatoms. The van der Waals surface area contributed by atoms with Gasteiger partial charge in [-0.2, -0.15) is 0 Å². The minimum Gasteiger partial charge on any atom is -0.381 e. The average molecular weight is 300 g/mol. The van der Waals surface area contributed by atoms with E-state index in [1.807, 2.05) is 6.92 Å². The Morgan fingerprint density at radius 2 is 2.27 bits per heavy atom. The Morgan fingerprint density at radius 3 is 2.80 bits per heavy atom. The number of nitrogens with zero attached hydrogens (tertiary/aromatic N) is 1. The maximum atomic E-state index is 11.8. The zero-order valence-corrected chi connectivity index (χ0v) is 11.4. The van der Waals surface area contributed by atoms with E-state index in [-0.39, 0.29) is 5.75 Å². The Bertz CT molecular complexity index is 281. The lowest BCUT2D eigenvalue weighted by atomic mass is 10.2. The highest BCUT2D eigenvalue weighted by molar-refractivity contribution is 9.09. The predicted molar refractivity (Wildman–Crippen MR) is 63.8 cm³/mol. The summed E-state index contributed by atoms with van der Waals surface area (Å²) in [6, 6.07) is 0. The van der Waals surface area contributed by atoms with Gasteiger partial charge in [0, 0.05) is 25.0 Å². The molecule has 1 fully saturated rings. The summed E-state index contributed by atoms with van der Waals surface area (Å²) in [5, 5.41) is 0.879. The maximum Gasteiger partial charge on any atom is 0.216 e. The van der Waals surface area contributed by atoms with Gasteiger partial charge in [-0.25, -0.2) is 12.7 Å². The fraction of sp³-hybridized carbons (Fsp3) is 1.00. The molecule has 1 rings (SSSR count). The molecule has 0 aromatic heterocycles. The van der Waals surface area contributed by atoms with Gasteiger partial charge in [0.05, 0.1) is 12.4 Å². The lowest BCUT2D eigenvalue weighted by Crippen LogP contribution is -2.32. The number of alkyl halides is 1. The van der Waals surface area contributed by atoms with Crippen LogP contribution in [0.1, 0.15) is 13.3 Å². The monoisotopic (exact) mass is 299 g/mol. The Morgan fingerprint density at radius 1 is 1.53 bits per heavy atom. The smallest absolute Gasteiger partial charge is 0.216 e. The van der Waals surface area contributed by atoms with E-state index in [9.17, 15) is 8.42 Å². The summed E-state index contributed by atoms with van der Waals surface area (Å²) in [5.74, 6) is 0.572. The van der Waals surface area contributed by atoms with Crippen LogP contribution in [0.25, 0.3) is 0 Å². The van der Waals surface area contributed by atoms with E-state index in [0.717, 1.165) is 11.8 Å². The van der Waals surface area contributed by atoms with E-state index < -0.39 is 10.0 Å². The van der Waals surface area contributed by atoms with Crippen LogP contribution in [-0.2, 0) is 14.8 Å². The third-order valence-corrected chi connectivity index (χ3v) is 5.27. The molecule has 0 bridgehead atoms. The zero-order chi connectivity index (χ0) is 11.3. The topological polar surface area (TPSA) is 46.6 Å². The summed E-state index contributed by atoms with van der Waals surface area (Å²) >= 11 is 3.39. The van der Waals surface area contributed by atoms with E-state index in [0.29, 0.717) is 32.2 Å². The maximum absolute atomic E-state index is 11.8. The second-order valence-corrected chi connectivity index (χ2v) is 6.42. The van der Waals surface area contributed by atoms with Crippen LogP contribution in [0.3, 0.4) is 0 Å². The molecule has 1 aliphatic heterocycles. The second-order valence-electron chi connectivity index (χ2n) is 3.68. The number of rotatable bonds is 6. The number of hydrogen-bond donors (Lipinski definition) is 0. The van der Waals surface area contributed by atoms with Crippen molar-refractivity contribution in [2.45, 2.75) is 13.3 Å². The lowest BCUT2D eigenvalue weighted by Gasteiger charge is -2.15. The van der Waals surface area contributed by atoms with Crippen molar-refractivity contribution in [3.05, 3.63) is 0 Å². The molecule has 0 aliphatic carbocycles. The van der Waals surface area contributed by atoms with Crippen LogP contribution in [0.2, 0.25) is 0 Å². The SMILES string of the molecule is CCOCCS(=O)(=O)N1CCC(CBr)C1. The average Bonchev–Trinajstić information content (AvgIpc) is 2.66. The molecule has 90 valence electrons. The molecule has 0 radical (unpaired) electrons. The van der Waals surface area contributed by atoms with Crippen LogP contribution in [-0.4, -0.2) is 50.1 Å². The minimum absolute atomic E-state index is 0.107. The highest BCUT2D eigenvalue weighted by atomic mass is 79.9. The van der Waals surface area contributed by atoms with Crippen LogP contribution in [0.4, 0.5) is 0 Å². The molecule has 4 nitrogen and oxygen atoms in total. The minimum atomic E-state index is -3.09.